The molecule has 7 heteroatoms. The zero-order valence-corrected chi connectivity index (χ0v) is 9.83. The highest BCUT2D eigenvalue weighted by atomic mass is 16.2. The maximum atomic E-state index is 11.9. The van der Waals surface area contributed by atoms with Crippen molar-refractivity contribution in [3.63, 3.8) is 0 Å². The molecule has 0 radical (unpaired) electrons. The van der Waals surface area contributed by atoms with E-state index >= 15 is 0 Å². The Kier molecular flexibility index (Phi) is 3.37. The molecule has 0 saturated carbocycles. The minimum atomic E-state index is -0.531. The number of rotatable bonds is 3. The third-order valence-corrected chi connectivity index (χ3v) is 2.37. The van der Waals surface area contributed by atoms with Crippen LogP contribution in [-0.4, -0.2) is 21.8 Å². The van der Waals surface area contributed by atoms with Crippen molar-refractivity contribution in [2.75, 3.05) is 11.1 Å². The Morgan fingerprint density at radius 2 is 1.68 bits per heavy atom. The molecule has 1 aromatic heterocycles. The Bertz CT molecular complexity index is 624. The average molecular weight is 257 g/mol. The van der Waals surface area contributed by atoms with Gasteiger partial charge in [-0.25, -0.2) is 9.97 Å². The lowest BCUT2D eigenvalue weighted by Gasteiger charge is -2.06. The van der Waals surface area contributed by atoms with Crippen molar-refractivity contribution in [1.82, 2.24) is 9.97 Å². The number of anilines is 2. The Hall–Kier alpha value is -2.96. The molecule has 1 aromatic carbocycles. The van der Waals surface area contributed by atoms with Crippen LogP contribution in [0.3, 0.4) is 0 Å². The van der Waals surface area contributed by atoms with Crippen molar-refractivity contribution in [2.45, 2.75) is 0 Å². The summed E-state index contributed by atoms with van der Waals surface area (Å²) in [6.45, 7) is 0. The number of hydrogen-bond donors (Lipinski definition) is 3. The van der Waals surface area contributed by atoms with Crippen LogP contribution in [0.5, 0.6) is 0 Å². The summed E-state index contributed by atoms with van der Waals surface area (Å²) >= 11 is 0. The van der Waals surface area contributed by atoms with Gasteiger partial charge in [-0.1, -0.05) is 0 Å². The smallest absolute Gasteiger partial charge is 0.278 e. The summed E-state index contributed by atoms with van der Waals surface area (Å²) in [6.07, 6.45) is 2.77. The van der Waals surface area contributed by atoms with Gasteiger partial charge in [0.15, 0.2) is 11.5 Å². The molecule has 7 nitrogen and oxygen atoms in total. The van der Waals surface area contributed by atoms with Gasteiger partial charge in [0.2, 0.25) is 5.91 Å². The number of nitrogens with one attached hydrogen (secondary N) is 1. The van der Waals surface area contributed by atoms with Crippen LogP contribution in [0.4, 0.5) is 11.5 Å². The minimum absolute atomic E-state index is 0.0430. The largest absolute Gasteiger partial charge is 0.382 e. The predicted octanol–water partition coefficient (Wildman–Crippen LogP) is 0.410. The van der Waals surface area contributed by atoms with E-state index < -0.39 is 11.8 Å². The molecule has 0 spiro atoms. The maximum absolute atomic E-state index is 11.9. The first kappa shape index (κ1) is 12.5. The van der Waals surface area contributed by atoms with E-state index in [4.69, 9.17) is 11.5 Å². The fraction of sp³-hybridized carbons (Fsp3) is 0. The zero-order valence-electron chi connectivity index (χ0n) is 9.83. The Labute approximate surface area is 108 Å². The molecule has 0 atom stereocenters. The number of nitrogen functional groups attached to an aromatic ring is 1. The lowest BCUT2D eigenvalue weighted by atomic mass is 10.2. The molecular formula is C12H11N5O2. The molecule has 2 amide bonds. The highest BCUT2D eigenvalue weighted by molar-refractivity contribution is 6.05. The number of nitrogens with two attached hydrogens (primary N) is 2. The lowest BCUT2D eigenvalue weighted by molar-refractivity contribution is 0.0998. The number of hydrogen-bond acceptors (Lipinski definition) is 5. The van der Waals surface area contributed by atoms with Gasteiger partial charge in [-0.05, 0) is 24.3 Å². The third kappa shape index (κ3) is 2.83. The number of carbonyl (C=O) groups excluding carboxylic acids is 2. The number of primary amides is 1. The van der Waals surface area contributed by atoms with E-state index in [1.807, 2.05) is 0 Å². The lowest BCUT2D eigenvalue weighted by Crippen LogP contribution is -2.17. The molecule has 96 valence electrons. The molecule has 0 saturated heterocycles. The van der Waals surface area contributed by atoms with Gasteiger partial charge >= 0.3 is 0 Å². The van der Waals surface area contributed by atoms with Crippen LogP contribution in [0.2, 0.25) is 0 Å². The van der Waals surface area contributed by atoms with Gasteiger partial charge in [0, 0.05) is 23.6 Å². The summed E-state index contributed by atoms with van der Waals surface area (Å²) in [5.74, 6) is -0.956. The van der Waals surface area contributed by atoms with Crippen LogP contribution in [-0.2, 0) is 0 Å². The topological polar surface area (TPSA) is 124 Å². The van der Waals surface area contributed by atoms with Gasteiger partial charge < -0.3 is 16.8 Å². The Morgan fingerprint density at radius 1 is 1.05 bits per heavy atom. The predicted molar refractivity (Wildman–Crippen MR) is 69.4 cm³/mol. The summed E-state index contributed by atoms with van der Waals surface area (Å²) in [4.78, 5) is 30.4. The molecule has 0 bridgehead atoms. The van der Waals surface area contributed by atoms with E-state index in [9.17, 15) is 9.59 Å². The molecule has 19 heavy (non-hydrogen) atoms. The van der Waals surface area contributed by atoms with Crippen LogP contribution in [0.15, 0.2) is 36.7 Å². The normalized spacial score (nSPS) is 9.89. The highest BCUT2D eigenvalue weighted by Crippen LogP contribution is 2.12. The first-order valence-corrected chi connectivity index (χ1v) is 5.35. The van der Waals surface area contributed by atoms with Crippen LogP contribution < -0.4 is 16.8 Å². The summed E-state index contributed by atoms with van der Waals surface area (Å²) < 4.78 is 0. The molecule has 0 aliphatic rings. The summed E-state index contributed by atoms with van der Waals surface area (Å²) in [6, 6.07) is 6.14. The maximum Gasteiger partial charge on any atom is 0.278 e. The van der Waals surface area contributed by atoms with E-state index in [0.717, 1.165) is 0 Å². The fourth-order valence-electron chi connectivity index (χ4n) is 1.43. The Morgan fingerprint density at radius 3 is 2.26 bits per heavy atom. The van der Waals surface area contributed by atoms with E-state index in [-0.39, 0.29) is 11.5 Å². The zero-order chi connectivity index (χ0) is 13.8. The SMILES string of the molecule is NC(=O)c1ccc(NC(=O)c2nccnc2N)cc1. The van der Waals surface area contributed by atoms with Gasteiger partial charge in [-0.2, -0.15) is 0 Å². The van der Waals surface area contributed by atoms with Crippen LogP contribution in [0.1, 0.15) is 20.8 Å². The first-order chi connectivity index (χ1) is 9.08. The van der Waals surface area contributed by atoms with Crippen LogP contribution >= 0.6 is 0 Å². The number of nitrogens with zero attached hydrogens (tertiary/aromatic N) is 2. The van der Waals surface area contributed by atoms with Crippen LogP contribution in [0, 0.1) is 0 Å². The van der Waals surface area contributed by atoms with E-state index in [2.05, 4.69) is 15.3 Å². The summed E-state index contributed by atoms with van der Waals surface area (Å²) in [5.41, 5.74) is 11.6. The van der Waals surface area contributed by atoms with E-state index in [0.29, 0.717) is 11.3 Å². The number of amides is 2. The number of aromatic nitrogens is 2. The quantitative estimate of drug-likeness (QED) is 0.734. The van der Waals surface area contributed by atoms with Gasteiger partial charge in [-0.15, -0.1) is 0 Å². The van der Waals surface area contributed by atoms with Crippen molar-refractivity contribution >= 4 is 23.3 Å². The second kappa shape index (κ2) is 5.13. The molecule has 0 unspecified atom stereocenters. The van der Waals surface area contributed by atoms with Crippen LogP contribution in [0.25, 0.3) is 0 Å². The van der Waals surface area contributed by atoms with E-state index in [1.165, 1.54) is 24.5 Å². The van der Waals surface area contributed by atoms with Crippen molar-refractivity contribution in [2.24, 2.45) is 5.73 Å². The second-order valence-corrected chi connectivity index (χ2v) is 3.69. The summed E-state index contributed by atoms with van der Waals surface area (Å²) in [5, 5.41) is 2.59. The van der Waals surface area contributed by atoms with Gasteiger partial charge in [-0.3, -0.25) is 9.59 Å². The average Bonchev–Trinajstić information content (AvgIpc) is 2.39. The van der Waals surface area contributed by atoms with Crippen molar-refractivity contribution < 1.29 is 9.59 Å². The minimum Gasteiger partial charge on any atom is -0.382 e. The van der Waals surface area contributed by atoms with Gasteiger partial charge in [0.05, 0.1) is 0 Å². The van der Waals surface area contributed by atoms with Crippen molar-refractivity contribution in [3.8, 4) is 0 Å². The number of benzene rings is 1. The fourth-order valence-corrected chi connectivity index (χ4v) is 1.43. The first-order valence-electron chi connectivity index (χ1n) is 5.35. The molecule has 2 aromatic rings. The summed E-state index contributed by atoms with van der Waals surface area (Å²) in [7, 11) is 0. The van der Waals surface area contributed by atoms with Gasteiger partial charge in [0.25, 0.3) is 5.91 Å². The molecule has 0 aliphatic carbocycles. The van der Waals surface area contributed by atoms with Crippen molar-refractivity contribution in [3.05, 3.63) is 47.9 Å². The molecular weight excluding hydrogens is 246 g/mol. The van der Waals surface area contributed by atoms with E-state index in [1.54, 1.807) is 12.1 Å². The molecule has 0 aliphatic heterocycles. The monoisotopic (exact) mass is 257 g/mol. The molecule has 5 N–H and O–H groups in total. The number of carbonyl (C=O) groups is 2. The standard InChI is InChI=1S/C12H11N5O2/c13-10-9(15-5-6-16-10)12(19)17-8-3-1-7(2-4-8)11(14)18/h1-6H,(H2,13,16)(H2,14,18)(H,17,19). The third-order valence-electron chi connectivity index (χ3n) is 2.37. The van der Waals surface area contributed by atoms with Crippen molar-refractivity contribution in [1.29, 1.82) is 0 Å². The molecule has 2 rings (SSSR count). The molecule has 1 heterocycles. The second-order valence-electron chi connectivity index (χ2n) is 3.69. The highest BCUT2D eigenvalue weighted by Gasteiger charge is 2.12. The Balaban J connectivity index is 2.15. The van der Waals surface area contributed by atoms with Gasteiger partial charge in [0.1, 0.15) is 0 Å². The molecule has 0 fully saturated rings.